The van der Waals surface area contributed by atoms with Crippen molar-refractivity contribution >= 4 is 55.8 Å². The maximum atomic E-state index is 13.1. The summed E-state index contributed by atoms with van der Waals surface area (Å²) in [6.07, 6.45) is 0.242. The van der Waals surface area contributed by atoms with Gasteiger partial charge in [-0.25, -0.2) is 9.78 Å². The Hall–Kier alpha value is -3.16. The topological polar surface area (TPSA) is 88.5 Å². The first-order valence-electron chi connectivity index (χ1n) is 10.1. The van der Waals surface area contributed by atoms with E-state index in [1.165, 1.54) is 18.3 Å². The molecular formula is C24H21ClN2O4S. The number of rotatable bonds is 7. The van der Waals surface area contributed by atoms with E-state index < -0.39 is 17.4 Å². The highest BCUT2D eigenvalue weighted by Crippen LogP contribution is 2.32. The molecular weight excluding hydrogens is 448 g/mol. The summed E-state index contributed by atoms with van der Waals surface area (Å²) in [7, 11) is 0. The quantitative estimate of drug-likeness (QED) is 0.365. The molecule has 0 saturated heterocycles. The van der Waals surface area contributed by atoms with Gasteiger partial charge in [-0.1, -0.05) is 48.9 Å². The molecule has 1 heterocycles. The minimum Gasteiger partial charge on any atom is -0.485 e. The number of halogens is 1. The van der Waals surface area contributed by atoms with Crippen LogP contribution in [0.4, 0.5) is 0 Å². The number of carbonyl (C=O) groups is 2. The van der Waals surface area contributed by atoms with Gasteiger partial charge in [0, 0.05) is 10.4 Å². The summed E-state index contributed by atoms with van der Waals surface area (Å²) >= 11 is 7.54. The van der Waals surface area contributed by atoms with Crippen LogP contribution in [0.5, 0.6) is 5.75 Å². The molecule has 32 heavy (non-hydrogen) atoms. The smallest absolute Gasteiger partial charge is 0.329 e. The van der Waals surface area contributed by atoms with Crippen molar-refractivity contribution in [2.75, 3.05) is 0 Å². The van der Waals surface area contributed by atoms with Gasteiger partial charge in [-0.3, -0.25) is 4.79 Å². The third-order valence-electron chi connectivity index (χ3n) is 5.43. The Bertz CT molecular complexity index is 1340. The Labute approximate surface area is 193 Å². The number of aromatic nitrogens is 1. The molecule has 0 aliphatic rings. The summed E-state index contributed by atoms with van der Waals surface area (Å²) in [5.74, 6) is -1.21. The van der Waals surface area contributed by atoms with Gasteiger partial charge in [-0.05, 0) is 43.0 Å². The maximum absolute atomic E-state index is 13.1. The summed E-state index contributed by atoms with van der Waals surface area (Å²) in [6.45, 7) is 3.36. The van der Waals surface area contributed by atoms with Gasteiger partial charge in [-0.2, -0.15) is 0 Å². The lowest BCUT2D eigenvalue weighted by Gasteiger charge is -2.25. The second-order valence-corrected chi connectivity index (χ2v) is 9.17. The number of benzene rings is 3. The molecule has 0 saturated carbocycles. The van der Waals surface area contributed by atoms with Gasteiger partial charge in [0.05, 0.1) is 15.8 Å². The van der Waals surface area contributed by atoms with Crippen molar-refractivity contribution in [1.82, 2.24) is 10.3 Å². The van der Waals surface area contributed by atoms with E-state index in [1.54, 1.807) is 19.1 Å². The SMILES string of the molecule is CCC(C)(NC(=O)c1ccc2ccccc2c1OCc1nc2ccc(Cl)cc2s1)C(=O)O. The van der Waals surface area contributed by atoms with E-state index in [4.69, 9.17) is 16.3 Å². The number of ether oxygens (including phenoxy) is 1. The molecule has 6 nitrogen and oxygen atoms in total. The third-order valence-corrected chi connectivity index (χ3v) is 6.65. The molecule has 0 bridgehead atoms. The number of nitrogens with one attached hydrogen (secondary N) is 1. The largest absolute Gasteiger partial charge is 0.485 e. The van der Waals surface area contributed by atoms with Crippen LogP contribution in [0.25, 0.3) is 21.0 Å². The minimum atomic E-state index is -1.38. The molecule has 0 aliphatic carbocycles. The number of carbonyl (C=O) groups excluding carboxylic acids is 1. The average Bonchev–Trinajstić information content (AvgIpc) is 3.18. The Kier molecular flexibility index (Phi) is 6.04. The van der Waals surface area contributed by atoms with E-state index in [1.807, 2.05) is 42.5 Å². The van der Waals surface area contributed by atoms with Crippen molar-refractivity contribution in [3.63, 3.8) is 0 Å². The van der Waals surface area contributed by atoms with Crippen LogP contribution < -0.4 is 10.1 Å². The number of thiazole rings is 1. The number of hydrogen-bond acceptors (Lipinski definition) is 5. The second-order valence-electron chi connectivity index (χ2n) is 7.62. The fourth-order valence-electron chi connectivity index (χ4n) is 3.33. The van der Waals surface area contributed by atoms with E-state index in [2.05, 4.69) is 10.3 Å². The van der Waals surface area contributed by atoms with Gasteiger partial charge in [0.2, 0.25) is 0 Å². The molecule has 2 N–H and O–H groups in total. The van der Waals surface area contributed by atoms with Gasteiger partial charge < -0.3 is 15.2 Å². The predicted octanol–water partition coefficient (Wildman–Crippen LogP) is 5.67. The van der Waals surface area contributed by atoms with Crippen LogP contribution in [0.3, 0.4) is 0 Å². The standard InChI is InChI=1S/C24H21ClN2O4S/c1-3-24(2,23(29)30)27-22(28)17-10-8-14-6-4-5-7-16(14)21(17)31-13-20-26-18-11-9-15(25)12-19(18)32-20/h4-12H,3,13H2,1-2H3,(H,27,28)(H,29,30). The van der Waals surface area contributed by atoms with Crippen molar-refractivity contribution in [3.05, 3.63) is 70.2 Å². The lowest BCUT2D eigenvalue weighted by molar-refractivity contribution is -0.143. The molecule has 164 valence electrons. The summed E-state index contributed by atoms with van der Waals surface area (Å²) in [6, 6.07) is 16.5. The fraction of sp³-hybridized carbons (Fsp3) is 0.208. The van der Waals surface area contributed by atoms with Crippen LogP contribution in [0.2, 0.25) is 5.02 Å². The zero-order valence-electron chi connectivity index (χ0n) is 17.5. The van der Waals surface area contributed by atoms with E-state index >= 15 is 0 Å². The Morgan fingerprint density at radius 1 is 1.19 bits per heavy atom. The van der Waals surface area contributed by atoms with Gasteiger partial charge >= 0.3 is 5.97 Å². The molecule has 0 fully saturated rings. The van der Waals surface area contributed by atoms with Crippen molar-refractivity contribution in [3.8, 4) is 5.75 Å². The summed E-state index contributed by atoms with van der Waals surface area (Å²) in [4.78, 5) is 29.3. The number of nitrogens with zero attached hydrogens (tertiary/aromatic N) is 1. The summed E-state index contributed by atoms with van der Waals surface area (Å²) in [5, 5.41) is 15.2. The molecule has 3 aromatic carbocycles. The van der Waals surface area contributed by atoms with Gasteiger partial charge in [0.1, 0.15) is 22.9 Å². The van der Waals surface area contributed by atoms with E-state index in [0.717, 1.165) is 26.0 Å². The number of fused-ring (bicyclic) bond motifs is 2. The van der Waals surface area contributed by atoms with Crippen molar-refractivity contribution in [2.45, 2.75) is 32.4 Å². The monoisotopic (exact) mass is 468 g/mol. The molecule has 4 aromatic rings. The first-order chi connectivity index (χ1) is 15.3. The summed E-state index contributed by atoms with van der Waals surface area (Å²) in [5.41, 5.74) is -0.283. The van der Waals surface area contributed by atoms with Crippen LogP contribution >= 0.6 is 22.9 Å². The number of aliphatic carboxylic acids is 1. The zero-order chi connectivity index (χ0) is 22.9. The molecule has 1 amide bonds. The van der Waals surface area contributed by atoms with Crippen LogP contribution in [-0.4, -0.2) is 27.5 Å². The Morgan fingerprint density at radius 3 is 2.72 bits per heavy atom. The first kappa shape index (κ1) is 22.0. The van der Waals surface area contributed by atoms with Crippen LogP contribution in [0.1, 0.15) is 35.6 Å². The summed E-state index contributed by atoms with van der Waals surface area (Å²) < 4.78 is 7.08. The van der Waals surface area contributed by atoms with Crippen LogP contribution in [0.15, 0.2) is 54.6 Å². The van der Waals surface area contributed by atoms with Crippen molar-refractivity contribution < 1.29 is 19.4 Å². The zero-order valence-corrected chi connectivity index (χ0v) is 19.1. The highest BCUT2D eigenvalue weighted by molar-refractivity contribution is 7.18. The highest BCUT2D eigenvalue weighted by atomic mass is 35.5. The lowest BCUT2D eigenvalue weighted by atomic mass is 9.97. The number of amides is 1. The normalized spacial score (nSPS) is 13.1. The van der Waals surface area contributed by atoms with Crippen molar-refractivity contribution in [2.24, 2.45) is 0 Å². The predicted molar refractivity (Wildman–Crippen MR) is 127 cm³/mol. The van der Waals surface area contributed by atoms with Gasteiger partial charge in [-0.15, -0.1) is 11.3 Å². The lowest BCUT2D eigenvalue weighted by Crippen LogP contribution is -2.51. The highest BCUT2D eigenvalue weighted by Gasteiger charge is 2.34. The van der Waals surface area contributed by atoms with E-state index in [9.17, 15) is 14.7 Å². The third kappa shape index (κ3) is 4.26. The molecule has 1 aromatic heterocycles. The van der Waals surface area contributed by atoms with Gasteiger partial charge in [0.15, 0.2) is 0 Å². The van der Waals surface area contributed by atoms with E-state index in [0.29, 0.717) is 10.8 Å². The number of hydrogen-bond donors (Lipinski definition) is 2. The minimum absolute atomic E-state index is 0.162. The molecule has 1 unspecified atom stereocenters. The van der Waals surface area contributed by atoms with E-state index in [-0.39, 0.29) is 18.6 Å². The average molecular weight is 469 g/mol. The molecule has 0 spiro atoms. The van der Waals surface area contributed by atoms with Gasteiger partial charge in [0.25, 0.3) is 5.91 Å². The molecule has 0 radical (unpaired) electrons. The Balaban J connectivity index is 1.69. The fourth-order valence-corrected chi connectivity index (χ4v) is 4.49. The maximum Gasteiger partial charge on any atom is 0.329 e. The Morgan fingerprint density at radius 2 is 1.97 bits per heavy atom. The molecule has 4 rings (SSSR count). The molecule has 8 heteroatoms. The first-order valence-corrected chi connectivity index (χ1v) is 11.3. The van der Waals surface area contributed by atoms with Crippen LogP contribution in [0, 0.1) is 0 Å². The second kappa shape index (κ2) is 8.76. The number of carboxylic acid groups (broad SMARTS) is 1. The molecule has 1 atom stereocenters. The van der Waals surface area contributed by atoms with Crippen LogP contribution in [-0.2, 0) is 11.4 Å². The van der Waals surface area contributed by atoms with Crippen molar-refractivity contribution in [1.29, 1.82) is 0 Å². The number of carboxylic acids is 1. The molecule has 0 aliphatic heterocycles.